The molecule has 2 nitrogen and oxygen atoms in total. The molecule has 5 heteroatoms. The monoisotopic (exact) mass is 244 g/mol. The molecule has 0 atom stereocenters. The van der Waals surface area contributed by atoms with Crippen LogP contribution in [0.25, 0.3) is 0 Å². The molecule has 1 aromatic rings. The predicted molar refractivity (Wildman–Crippen MR) is 65.8 cm³/mol. The van der Waals surface area contributed by atoms with Crippen molar-refractivity contribution in [1.29, 1.82) is 0 Å². The van der Waals surface area contributed by atoms with E-state index in [1.54, 1.807) is 11.9 Å². The number of nitrogens with two attached hydrogens (primary N) is 1. The highest BCUT2D eigenvalue weighted by molar-refractivity contribution is 7.80. The molecule has 0 aliphatic heterocycles. The van der Waals surface area contributed by atoms with Crippen molar-refractivity contribution >= 4 is 22.9 Å². The zero-order valence-electron chi connectivity index (χ0n) is 9.42. The van der Waals surface area contributed by atoms with Gasteiger partial charge in [-0.15, -0.1) is 0 Å². The maximum Gasteiger partial charge on any atom is 0.182 e. The van der Waals surface area contributed by atoms with Crippen LogP contribution in [-0.2, 0) is 0 Å². The summed E-state index contributed by atoms with van der Waals surface area (Å²) in [5, 5.41) is 0. The van der Waals surface area contributed by atoms with E-state index in [1.807, 2.05) is 13.8 Å². The van der Waals surface area contributed by atoms with E-state index in [0.29, 0.717) is 0 Å². The second kappa shape index (κ2) is 4.74. The van der Waals surface area contributed by atoms with Crippen LogP contribution in [0.4, 0.5) is 14.5 Å². The quantitative estimate of drug-likeness (QED) is 0.828. The van der Waals surface area contributed by atoms with Crippen molar-refractivity contribution in [2.75, 3.05) is 11.9 Å². The lowest BCUT2D eigenvalue weighted by molar-refractivity contribution is 0.504. The van der Waals surface area contributed by atoms with Gasteiger partial charge < -0.3 is 10.6 Å². The first-order valence-electron chi connectivity index (χ1n) is 4.87. The van der Waals surface area contributed by atoms with Crippen molar-refractivity contribution in [3.8, 4) is 0 Å². The van der Waals surface area contributed by atoms with Gasteiger partial charge in [0.2, 0.25) is 0 Å². The molecule has 16 heavy (non-hydrogen) atoms. The first kappa shape index (κ1) is 12.8. The summed E-state index contributed by atoms with van der Waals surface area (Å²) < 4.78 is 27.3. The van der Waals surface area contributed by atoms with Gasteiger partial charge in [0.05, 0.1) is 5.69 Å². The Morgan fingerprint density at radius 2 is 1.88 bits per heavy atom. The van der Waals surface area contributed by atoms with Gasteiger partial charge in [0, 0.05) is 18.7 Å². The molecule has 0 amide bonds. The third-order valence-corrected chi connectivity index (χ3v) is 2.70. The van der Waals surface area contributed by atoms with Crippen LogP contribution in [-0.4, -0.2) is 18.1 Å². The Bertz CT molecular complexity index is 419. The van der Waals surface area contributed by atoms with Crippen LogP contribution in [0.1, 0.15) is 19.4 Å². The number of anilines is 1. The molecule has 0 aliphatic carbocycles. The fraction of sp³-hybridized carbons (Fsp3) is 0.364. The maximum absolute atomic E-state index is 13.7. The lowest BCUT2D eigenvalue weighted by atomic mass is 10.1. The minimum atomic E-state index is -0.988. The van der Waals surface area contributed by atoms with Gasteiger partial charge in [-0.3, -0.25) is 0 Å². The second-order valence-corrected chi connectivity index (χ2v) is 4.27. The third kappa shape index (κ3) is 2.29. The molecule has 0 radical (unpaired) electrons. The average Bonchev–Trinajstić information content (AvgIpc) is 2.20. The topological polar surface area (TPSA) is 29.3 Å². The molecule has 0 bridgehead atoms. The minimum Gasteiger partial charge on any atom is -0.389 e. The molecule has 1 rings (SSSR count). The summed E-state index contributed by atoms with van der Waals surface area (Å²) in [6.07, 6.45) is 0. The van der Waals surface area contributed by atoms with Gasteiger partial charge in [-0.1, -0.05) is 12.2 Å². The van der Waals surface area contributed by atoms with E-state index in [4.69, 9.17) is 5.73 Å². The molecular weight excluding hydrogens is 230 g/mol. The van der Waals surface area contributed by atoms with E-state index in [0.717, 1.165) is 0 Å². The van der Waals surface area contributed by atoms with Gasteiger partial charge in [0.25, 0.3) is 0 Å². The molecule has 0 saturated carbocycles. The van der Waals surface area contributed by atoms with Gasteiger partial charge in [-0.2, -0.15) is 0 Å². The number of benzene rings is 1. The Balaban J connectivity index is 3.27. The highest BCUT2D eigenvalue weighted by atomic mass is 32.1. The normalized spacial score (nSPS) is 10.6. The van der Waals surface area contributed by atoms with Gasteiger partial charge >= 0.3 is 0 Å². The fourth-order valence-corrected chi connectivity index (χ4v) is 1.44. The van der Waals surface area contributed by atoms with Crippen molar-refractivity contribution in [1.82, 2.24) is 0 Å². The Morgan fingerprint density at radius 3 is 2.31 bits per heavy atom. The summed E-state index contributed by atoms with van der Waals surface area (Å²) in [7, 11) is 1.70. The van der Waals surface area contributed by atoms with E-state index in [-0.39, 0.29) is 22.3 Å². The minimum absolute atomic E-state index is 0.0617. The number of hydrogen-bond donors (Lipinski definition) is 1. The first-order chi connectivity index (χ1) is 7.36. The fourth-order valence-electron chi connectivity index (χ4n) is 1.28. The first-order valence-corrected chi connectivity index (χ1v) is 5.27. The molecule has 0 aromatic heterocycles. The van der Waals surface area contributed by atoms with E-state index in [1.165, 1.54) is 12.1 Å². The number of rotatable bonds is 3. The zero-order chi connectivity index (χ0) is 12.5. The molecule has 0 fully saturated rings. The standard InChI is InChI=1S/C11H14F2N2S/c1-6(2)15(3)8-5-4-7(11(14)16)9(12)10(8)13/h4-6H,1-3H3,(H2,14,16). The van der Waals surface area contributed by atoms with Crippen LogP contribution in [0.15, 0.2) is 12.1 Å². The summed E-state index contributed by atoms with van der Waals surface area (Å²) >= 11 is 4.63. The Labute approximate surface area is 99.0 Å². The van der Waals surface area contributed by atoms with Crippen molar-refractivity contribution < 1.29 is 8.78 Å². The molecule has 88 valence electrons. The molecule has 0 spiro atoms. The van der Waals surface area contributed by atoms with Crippen molar-refractivity contribution in [3.05, 3.63) is 29.3 Å². The zero-order valence-corrected chi connectivity index (χ0v) is 10.2. The van der Waals surface area contributed by atoms with E-state index < -0.39 is 11.6 Å². The number of thiocarbonyl (C=S) groups is 1. The Hall–Kier alpha value is -1.23. The van der Waals surface area contributed by atoms with Crippen LogP contribution >= 0.6 is 12.2 Å². The average molecular weight is 244 g/mol. The molecule has 1 aromatic carbocycles. The van der Waals surface area contributed by atoms with E-state index in [2.05, 4.69) is 12.2 Å². The van der Waals surface area contributed by atoms with Gasteiger partial charge in [0.1, 0.15) is 4.99 Å². The van der Waals surface area contributed by atoms with Gasteiger partial charge in [0.15, 0.2) is 11.6 Å². The molecular formula is C11H14F2N2S. The largest absolute Gasteiger partial charge is 0.389 e. The van der Waals surface area contributed by atoms with Gasteiger partial charge in [-0.25, -0.2) is 8.78 Å². The third-order valence-electron chi connectivity index (χ3n) is 2.48. The molecule has 0 saturated heterocycles. The molecule has 0 heterocycles. The van der Waals surface area contributed by atoms with E-state index in [9.17, 15) is 8.78 Å². The smallest absolute Gasteiger partial charge is 0.182 e. The van der Waals surface area contributed by atoms with Crippen LogP contribution in [0, 0.1) is 11.6 Å². The van der Waals surface area contributed by atoms with Crippen LogP contribution < -0.4 is 10.6 Å². The van der Waals surface area contributed by atoms with E-state index >= 15 is 0 Å². The molecule has 0 unspecified atom stereocenters. The summed E-state index contributed by atoms with van der Waals surface area (Å²) in [6.45, 7) is 3.78. The highest BCUT2D eigenvalue weighted by Gasteiger charge is 2.18. The SMILES string of the molecule is CC(C)N(C)c1ccc(C(N)=S)c(F)c1F. The van der Waals surface area contributed by atoms with Gasteiger partial charge in [-0.05, 0) is 26.0 Å². The Kier molecular flexibility index (Phi) is 3.80. The highest BCUT2D eigenvalue weighted by Crippen LogP contribution is 2.24. The summed E-state index contributed by atoms with van der Waals surface area (Å²) in [6, 6.07) is 2.95. The van der Waals surface area contributed by atoms with Crippen molar-refractivity contribution in [3.63, 3.8) is 0 Å². The second-order valence-electron chi connectivity index (χ2n) is 3.83. The van der Waals surface area contributed by atoms with Crippen LogP contribution in [0.3, 0.4) is 0 Å². The lowest BCUT2D eigenvalue weighted by Gasteiger charge is -2.24. The number of hydrogen-bond acceptors (Lipinski definition) is 2. The summed E-state index contributed by atoms with van der Waals surface area (Å²) in [5.41, 5.74) is 5.42. The molecule has 0 aliphatic rings. The number of halogens is 2. The maximum atomic E-state index is 13.7. The number of nitrogens with zero attached hydrogens (tertiary/aromatic N) is 1. The lowest BCUT2D eigenvalue weighted by Crippen LogP contribution is -2.27. The molecule has 2 N–H and O–H groups in total. The van der Waals surface area contributed by atoms with Crippen LogP contribution in [0.2, 0.25) is 0 Å². The summed E-state index contributed by atoms with van der Waals surface area (Å²) in [5.74, 6) is -1.90. The Morgan fingerprint density at radius 1 is 1.31 bits per heavy atom. The predicted octanol–water partition coefficient (Wildman–Crippen LogP) is 2.44. The summed E-state index contributed by atoms with van der Waals surface area (Å²) in [4.78, 5) is 1.50. The van der Waals surface area contributed by atoms with Crippen molar-refractivity contribution in [2.24, 2.45) is 5.73 Å². The van der Waals surface area contributed by atoms with Crippen molar-refractivity contribution in [2.45, 2.75) is 19.9 Å². The van der Waals surface area contributed by atoms with Crippen LogP contribution in [0.5, 0.6) is 0 Å².